The highest BCUT2D eigenvalue weighted by Crippen LogP contribution is 2.45. The zero-order valence-corrected chi connectivity index (χ0v) is 12.1. The van der Waals surface area contributed by atoms with Gasteiger partial charge >= 0.3 is 0 Å². The molecule has 1 saturated heterocycles. The van der Waals surface area contributed by atoms with Crippen molar-refractivity contribution < 1.29 is 10.2 Å². The number of thiophene rings is 1. The predicted octanol–water partition coefficient (Wildman–Crippen LogP) is 2.34. The number of β-amino-alcohol motifs (C(OH)–C–C–N with tert-alkyl or cyclic N) is 1. The van der Waals surface area contributed by atoms with Gasteiger partial charge in [0.05, 0.1) is 17.7 Å². The number of likely N-dealkylation sites (tertiary alicyclic amines) is 1. The van der Waals surface area contributed by atoms with Gasteiger partial charge in [0.2, 0.25) is 0 Å². The molecule has 1 aromatic rings. The minimum atomic E-state index is -0.590. The van der Waals surface area contributed by atoms with Gasteiger partial charge in [0.25, 0.3) is 0 Å². The summed E-state index contributed by atoms with van der Waals surface area (Å²) >= 11 is 1.84. The molecular formula is C15H23NO2S. The summed E-state index contributed by atoms with van der Waals surface area (Å²) in [5.41, 5.74) is 0.119. The van der Waals surface area contributed by atoms with Crippen LogP contribution < -0.4 is 0 Å². The molecule has 2 heterocycles. The van der Waals surface area contributed by atoms with Crippen molar-refractivity contribution in [2.75, 3.05) is 13.1 Å². The summed E-state index contributed by atoms with van der Waals surface area (Å²) in [5, 5.41) is 21.9. The van der Waals surface area contributed by atoms with Crippen LogP contribution in [0.2, 0.25) is 0 Å². The molecule has 3 rings (SSSR count). The van der Waals surface area contributed by atoms with Gasteiger partial charge in [-0.05, 0) is 30.7 Å². The Labute approximate surface area is 118 Å². The SMILES string of the molecule is OC1CCN(C2(c3cccs3)CCCCC2)CC1O. The second-order valence-corrected chi connectivity index (χ2v) is 6.89. The van der Waals surface area contributed by atoms with Crippen LogP contribution >= 0.6 is 11.3 Å². The Hall–Kier alpha value is -0.420. The maximum Gasteiger partial charge on any atom is 0.0926 e. The first-order chi connectivity index (χ1) is 9.22. The molecule has 106 valence electrons. The van der Waals surface area contributed by atoms with Gasteiger partial charge in [0.1, 0.15) is 0 Å². The van der Waals surface area contributed by atoms with Gasteiger partial charge in [-0.3, -0.25) is 4.90 Å². The third-order valence-corrected chi connectivity index (χ3v) is 5.88. The van der Waals surface area contributed by atoms with E-state index in [0.29, 0.717) is 13.0 Å². The lowest BCUT2D eigenvalue weighted by Gasteiger charge is -2.49. The zero-order chi connectivity index (χ0) is 13.3. The predicted molar refractivity (Wildman–Crippen MR) is 77.3 cm³/mol. The van der Waals surface area contributed by atoms with Crippen LogP contribution in [0.4, 0.5) is 0 Å². The summed E-state index contributed by atoms with van der Waals surface area (Å²) in [7, 11) is 0. The Bertz CT molecular complexity index is 400. The first-order valence-corrected chi connectivity index (χ1v) is 8.25. The van der Waals surface area contributed by atoms with E-state index in [2.05, 4.69) is 22.4 Å². The third kappa shape index (κ3) is 2.47. The van der Waals surface area contributed by atoms with Gasteiger partial charge in [-0.2, -0.15) is 0 Å². The summed E-state index contributed by atoms with van der Waals surface area (Å²) < 4.78 is 0. The van der Waals surface area contributed by atoms with E-state index in [-0.39, 0.29) is 5.54 Å². The van der Waals surface area contributed by atoms with E-state index in [0.717, 1.165) is 6.54 Å². The van der Waals surface area contributed by atoms with Gasteiger partial charge in [0, 0.05) is 18.0 Å². The molecule has 0 amide bonds. The van der Waals surface area contributed by atoms with E-state index in [1.165, 1.54) is 37.0 Å². The Morgan fingerprint density at radius 3 is 2.58 bits per heavy atom. The summed E-state index contributed by atoms with van der Waals surface area (Å²) in [6.45, 7) is 1.51. The molecular weight excluding hydrogens is 258 g/mol. The molecule has 3 nitrogen and oxygen atoms in total. The minimum absolute atomic E-state index is 0.119. The molecule has 0 bridgehead atoms. The summed E-state index contributed by atoms with van der Waals surface area (Å²) in [4.78, 5) is 3.88. The standard InChI is InChI=1S/C15H23NO2S/c17-12-6-9-16(11-13(12)18)15(7-2-1-3-8-15)14-5-4-10-19-14/h4-5,10,12-13,17-18H,1-3,6-9,11H2. The topological polar surface area (TPSA) is 43.7 Å². The third-order valence-electron chi connectivity index (χ3n) is 4.81. The van der Waals surface area contributed by atoms with Crippen molar-refractivity contribution in [1.29, 1.82) is 0 Å². The molecule has 0 radical (unpaired) electrons. The summed E-state index contributed by atoms with van der Waals surface area (Å²) in [6, 6.07) is 4.37. The first kappa shape index (κ1) is 13.6. The Kier molecular flexibility index (Phi) is 3.94. The quantitative estimate of drug-likeness (QED) is 0.874. The second-order valence-electron chi connectivity index (χ2n) is 5.94. The number of rotatable bonds is 2. The van der Waals surface area contributed by atoms with Crippen molar-refractivity contribution in [1.82, 2.24) is 4.90 Å². The van der Waals surface area contributed by atoms with E-state index in [4.69, 9.17) is 0 Å². The normalized spacial score (nSPS) is 32.3. The van der Waals surface area contributed by atoms with Crippen molar-refractivity contribution in [3.63, 3.8) is 0 Å². The first-order valence-electron chi connectivity index (χ1n) is 7.37. The molecule has 1 saturated carbocycles. The van der Waals surface area contributed by atoms with Crippen molar-refractivity contribution in [3.05, 3.63) is 22.4 Å². The van der Waals surface area contributed by atoms with E-state index < -0.39 is 12.2 Å². The molecule has 0 spiro atoms. The van der Waals surface area contributed by atoms with E-state index in [9.17, 15) is 10.2 Å². The van der Waals surface area contributed by atoms with Gasteiger partial charge in [0.15, 0.2) is 0 Å². The fourth-order valence-corrected chi connectivity index (χ4v) is 4.72. The van der Waals surface area contributed by atoms with Crippen molar-refractivity contribution in [3.8, 4) is 0 Å². The van der Waals surface area contributed by atoms with Gasteiger partial charge in [-0.1, -0.05) is 25.3 Å². The molecule has 2 N–H and O–H groups in total. The highest BCUT2D eigenvalue weighted by Gasteiger charge is 2.43. The van der Waals surface area contributed by atoms with Crippen LogP contribution in [0.5, 0.6) is 0 Å². The van der Waals surface area contributed by atoms with Crippen molar-refractivity contribution in [2.24, 2.45) is 0 Å². The van der Waals surface area contributed by atoms with Gasteiger partial charge in [-0.25, -0.2) is 0 Å². The maximum absolute atomic E-state index is 10.0. The van der Waals surface area contributed by atoms with Crippen LogP contribution in [0.15, 0.2) is 17.5 Å². The lowest BCUT2D eigenvalue weighted by atomic mass is 9.78. The highest BCUT2D eigenvalue weighted by molar-refractivity contribution is 7.10. The van der Waals surface area contributed by atoms with Crippen LogP contribution in [0.3, 0.4) is 0 Å². The fourth-order valence-electron chi connectivity index (χ4n) is 3.71. The number of piperidine rings is 1. The average Bonchev–Trinajstić information content (AvgIpc) is 2.97. The molecule has 4 heteroatoms. The monoisotopic (exact) mass is 281 g/mol. The molecule has 1 aliphatic carbocycles. The highest BCUT2D eigenvalue weighted by atomic mass is 32.1. The zero-order valence-electron chi connectivity index (χ0n) is 11.3. The maximum atomic E-state index is 10.0. The minimum Gasteiger partial charge on any atom is -0.390 e. The molecule has 0 aromatic carbocycles. The van der Waals surface area contributed by atoms with Crippen molar-refractivity contribution in [2.45, 2.75) is 56.3 Å². The summed E-state index contributed by atoms with van der Waals surface area (Å²) in [6.07, 6.45) is 5.81. The largest absolute Gasteiger partial charge is 0.390 e. The molecule has 2 unspecified atom stereocenters. The Morgan fingerprint density at radius 2 is 1.95 bits per heavy atom. The molecule has 2 aliphatic rings. The smallest absolute Gasteiger partial charge is 0.0926 e. The van der Waals surface area contributed by atoms with E-state index >= 15 is 0 Å². The molecule has 1 aliphatic heterocycles. The molecule has 2 fully saturated rings. The van der Waals surface area contributed by atoms with Gasteiger partial charge < -0.3 is 10.2 Å². The average molecular weight is 281 g/mol. The lowest BCUT2D eigenvalue weighted by molar-refractivity contribution is -0.0802. The number of aliphatic hydroxyl groups is 2. The number of hydrogen-bond acceptors (Lipinski definition) is 4. The van der Waals surface area contributed by atoms with E-state index in [1.54, 1.807) is 0 Å². The summed E-state index contributed by atoms with van der Waals surface area (Å²) in [5.74, 6) is 0. The van der Waals surface area contributed by atoms with E-state index in [1.807, 2.05) is 11.3 Å². The van der Waals surface area contributed by atoms with Crippen LogP contribution in [-0.4, -0.2) is 40.4 Å². The van der Waals surface area contributed by atoms with Crippen LogP contribution in [0.1, 0.15) is 43.4 Å². The van der Waals surface area contributed by atoms with Crippen LogP contribution in [0.25, 0.3) is 0 Å². The molecule has 2 atom stereocenters. The molecule has 19 heavy (non-hydrogen) atoms. The number of hydrogen-bond donors (Lipinski definition) is 2. The lowest BCUT2D eigenvalue weighted by Crippen LogP contribution is -2.56. The van der Waals surface area contributed by atoms with Gasteiger partial charge in [-0.15, -0.1) is 11.3 Å². The Morgan fingerprint density at radius 1 is 1.16 bits per heavy atom. The van der Waals surface area contributed by atoms with Crippen LogP contribution in [-0.2, 0) is 5.54 Å². The fraction of sp³-hybridized carbons (Fsp3) is 0.733. The second kappa shape index (κ2) is 5.52. The Balaban J connectivity index is 1.87. The molecule has 1 aromatic heterocycles. The van der Waals surface area contributed by atoms with Crippen LogP contribution in [0, 0.1) is 0 Å². The number of nitrogens with zero attached hydrogens (tertiary/aromatic N) is 1. The van der Waals surface area contributed by atoms with Crippen molar-refractivity contribution >= 4 is 11.3 Å². The number of aliphatic hydroxyl groups excluding tert-OH is 2.